The molecule has 1 amide bonds. The SMILES string of the molecule is CC(=O)N[C@@H]1COc2cc3c(cc2C1)OCCO3. The Kier molecular flexibility index (Phi) is 2.74. The Bertz CT molecular complexity index is 486. The highest BCUT2D eigenvalue weighted by molar-refractivity contribution is 5.73. The van der Waals surface area contributed by atoms with Crippen molar-refractivity contribution >= 4 is 5.91 Å². The number of hydrogen-bond acceptors (Lipinski definition) is 4. The number of amides is 1. The fourth-order valence-electron chi connectivity index (χ4n) is 2.30. The molecule has 1 aromatic carbocycles. The molecule has 2 heterocycles. The van der Waals surface area contributed by atoms with Crippen molar-refractivity contribution in [2.24, 2.45) is 0 Å². The van der Waals surface area contributed by atoms with Gasteiger partial charge >= 0.3 is 0 Å². The zero-order chi connectivity index (χ0) is 12.5. The molecule has 0 unspecified atom stereocenters. The van der Waals surface area contributed by atoms with Gasteiger partial charge in [-0.15, -0.1) is 0 Å². The molecule has 0 fully saturated rings. The van der Waals surface area contributed by atoms with Gasteiger partial charge in [0.1, 0.15) is 25.6 Å². The Hall–Kier alpha value is -1.91. The van der Waals surface area contributed by atoms with Gasteiger partial charge in [0.15, 0.2) is 11.5 Å². The molecule has 0 saturated heterocycles. The summed E-state index contributed by atoms with van der Waals surface area (Å²) >= 11 is 0. The predicted octanol–water partition coefficient (Wildman–Crippen LogP) is 0.897. The number of benzene rings is 1. The molecule has 0 saturated carbocycles. The van der Waals surface area contributed by atoms with E-state index in [9.17, 15) is 4.79 Å². The van der Waals surface area contributed by atoms with E-state index in [1.807, 2.05) is 12.1 Å². The number of nitrogens with one attached hydrogen (secondary N) is 1. The zero-order valence-electron chi connectivity index (χ0n) is 10.2. The van der Waals surface area contributed by atoms with Crippen LogP contribution in [0.1, 0.15) is 12.5 Å². The van der Waals surface area contributed by atoms with Gasteiger partial charge in [0.2, 0.25) is 5.91 Å². The predicted molar refractivity (Wildman–Crippen MR) is 64.2 cm³/mol. The lowest BCUT2D eigenvalue weighted by Gasteiger charge is -2.28. The number of ether oxygens (including phenoxy) is 3. The number of hydrogen-bond donors (Lipinski definition) is 1. The van der Waals surface area contributed by atoms with Crippen molar-refractivity contribution in [3.63, 3.8) is 0 Å². The van der Waals surface area contributed by atoms with E-state index in [0.29, 0.717) is 19.8 Å². The van der Waals surface area contributed by atoms with Gasteiger partial charge in [0.25, 0.3) is 0 Å². The van der Waals surface area contributed by atoms with E-state index in [0.717, 1.165) is 29.2 Å². The molecule has 5 heteroatoms. The van der Waals surface area contributed by atoms with E-state index in [-0.39, 0.29) is 11.9 Å². The van der Waals surface area contributed by atoms with Gasteiger partial charge in [-0.3, -0.25) is 4.79 Å². The van der Waals surface area contributed by atoms with Crippen molar-refractivity contribution in [2.75, 3.05) is 19.8 Å². The lowest BCUT2D eigenvalue weighted by molar-refractivity contribution is -0.119. The molecule has 96 valence electrons. The Labute approximate surface area is 105 Å². The van der Waals surface area contributed by atoms with Crippen LogP contribution >= 0.6 is 0 Å². The summed E-state index contributed by atoms with van der Waals surface area (Å²) in [6.07, 6.45) is 0.756. The molecular weight excluding hydrogens is 234 g/mol. The average Bonchev–Trinajstić information content (AvgIpc) is 2.35. The Morgan fingerprint density at radius 3 is 2.61 bits per heavy atom. The monoisotopic (exact) mass is 249 g/mol. The summed E-state index contributed by atoms with van der Waals surface area (Å²) in [5, 5.41) is 2.87. The molecule has 5 nitrogen and oxygen atoms in total. The van der Waals surface area contributed by atoms with Crippen LogP contribution in [-0.4, -0.2) is 31.8 Å². The van der Waals surface area contributed by atoms with Crippen molar-refractivity contribution < 1.29 is 19.0 Å². The molecular formula is C13H15NO4. The molecule has 2 aliphatic rings. The Morgan fingerprint density at radius 1 is 1.17 bits per heavy atom. The van der Waals surface area contributed by atoms with E-state index in [1.54, 1.807) is 0 Å². The van der Waals surface area contributed by atoms with Crippen LogP contribution < -0.4 is 19.5 Å². The zero-order valence-corrected chi connectivity index (χ0v) is 10.2. The molecule has 1 aromatic rings. The first-order chi connectivity index (χ1) is 8.72. The van der Waals surface area contributed by atoms with Gasteiger partial charge in [0.05, 0.1) is 6.04 Å². The molecule has 18 heavy (non-hydrogen) atoms. The van der Waals surface area contributed by atoms with Crippen LogP contribution in [0, 0.1) is 0 Å². The molecule has 0 spiro atoms. The van der Waals surface area contributed by atoms with Gasteiger partial charge in [-0.2, -0.15) is 0 Å². The summed E-state index contributed by atoms with van der Waals surface area (Å²) < 4.78 is 16.7. The third-order valence-electron chi connectivity index (χ3n) is 3.04. The van der Waals surface area contributed by atoms with Crippen molar-refractivity contribution in [2.45, 2.75) is 19.4 Å². The van der Waals surface area contributed by atoms with Gasteiger partial charge in [-0.05, 0) is 12.5 Å². The van der Waals surface area contributed by atoms with Crippen LogP contribution in [0.15, 0.2) is 12.1 Å². The highest BCUT2D eigenvalue weighted by Crippen LogP contribution is 2.38. The Balaban J connectivity index is 1.84. The van der Waals surface area contributed by atoms with Crippen molar-refractivity contribution in [3.8, 4) is 17.2 Å². The summed E-state index contributed by atoms with van der Waals surface area (Å²) in [5.41, 5.74) is 1.05. The maximum absolute atomic E-state index is 11.0. The van der Waals surface area contributed by atoms with Gasteiger partial charge < -0.3 is 19.5 Å². The molecule has 0 bridgehead atoms. The van der Waals surface area contributed by atoms with Gasteiger partial charge in [-0.1, -0.05) is 0 Å². The van der Waals surface area contributed by atoms with Crippen molar-refractivity contribution in [3.05, 3.63) is 17.7 Å². The van der Waals surface area contributed by atoms with Crippen molar-refractivity contribution in [1.82, 2.24) is 5.32 Å². The van der Waals surface area contributed by atoms with Crippen LogP contribution in [0.25, 0.3) is 0 Å². The lowest BCUT2D eigenvalue weighted by atomic mass is 10.0. The summed E-state index contributed by atoms with van der Waals surface area (Å²) in [6.45, 7) is 3.15. The van der Waals surface area contributed by atoms with Crippen LogP contribution in [0.4, 0.5) is 0 Å². The first-order valence-corrected chi connectivity index (χ1v) is 6.05. The second-order valence-electron chi connectivity index (χ2n) is 4.52. The van der Waals surface area contributed by atoms with Gasteiger partial charge in [-0.25, -0.2) is 0 Å². The normalized spacial score (nSPS) is 20.6. The van der Waals surface area contributed by atoms with E-state index in [1.165, 1.54) is 6.92 Å². The third-order valence-corrected chi connectivity index (χ3v) is 3.04. The number of rotatable bonds is 1. The lowest BCUT2D eigenvalue weighted by Crippen LogP contribution is -2.41. The summed E-state index contributed by atoms with van der Waals surface area (Å²) in [5.74, 6) is 2.27. The summed E-state index contributed by atoms with van der Waals surface area (Å²) in [7, 11) is 0. The van der Waals surface area contributed by atoms with E-state index in [4.69, 9.17) is 14.2 Å². The molecule has 3 rings (SSSR count). The first kappa shape index (κ1) is 11.2. The highest BCUT2D eigenvalue weighted by atomic mass is 16.6. The highest BCUT2D eigenvalue weighted by Gasteiger charge is 2.24. The topological polar surface area (TPSA) is 56.8 Å². The molecule has 1 atom stereocenters. The van der Waals surface area contributed by atoms with E-state index >= 15 is 0 Å². The van der Waals surface area contributed by atoms with E-state index in [2.05, 4.69) is 5.32 Å². The smallest absolute Gasteiger partial charge is 0.217 e. The fraction of sp³-hybridized carbons (Fsp3) is 0.462. The number of carbonyl (C=O) groups excluding carboxylic acids is 1. The standard InChI is InChI=1S/C13H15NO4/c1-8(15)14-10-4-9-5-12-13(17-3-2-16-12)6-11(9)18-7-10/h5-6,10H,2-4,7H2,1H3,(H,14,15)/t10-/m0/s1. The first-order valence-electron chi connectivity index (χ1n) is 6.05. The van der Waals surface area contributed by atoms with Crippen LogP contribution in [0.2, 0.25) is 0 Å². The summed E-state index contributed by atoms with van der Waals surface area (Å²) in [6, 6.07) is 3.84. The third kappa shape index (κ3) is 2.08. The number of fused-ring (bicyclic) bond motifs is 2. The summed E-state index contributed by atoms with van der Waals surface area (Å²) in [4.78, 5) is 11.0. The molecule has 1 N–H and O–H groups in total. The van der Waals surface area contributed by atoms with E-state index < -0.39 is 0 Å². The minimum Gasteiger partial charge on any atom is -0.491 e. The van der Waals surface area contributed by atoms with Crippen LogP contribution in [-0.2, 0) is 11.2 Å². The van der Waals surface area contributed by atoms with Gasteiger partial charge in [0, 0.05) is 18.6 Å². The van der Waals surface area contributed by atoms with Crippen molar-refractivity contribution in [1.29, 1.82) is 0 Å². The molecule has 0 aliphatic carbocycles. The largest absolute Gasteiger partial charge is 0.491 e. The minimum atomic E-state index is -0.0374. The maximum atomic E-state index is 11.0. The number of carbonyl (C=O) groups is 1. The fourth-order valence-corrected chi connectivity index (χ4v) is 2.30. The Morgan fingerprint density at radius 2 is 1.89 bits per heavy atom. The molecule has 2 aliphatic heterocycles. The maximum Gasteiger partial charge on any atom is 0.217 e. The van der Waals surface area contributed by atoms with Crippen LogP contribution in [0.3, 0.4) is 0 Å². The average molecular weight is 249 g/mol. The second-order valence-corrected chi connectivity index (χ2v) is 4.52. The molecule has 0 aromatic heterocycles. The minimum absolute atomic E-state index is 0.0255. The second kappa shape index (κ2) is 4.40. The molecule has 0 radical (unpaired) electrons. The quantitative estimate of drug-likeness (QED) is 0.803. The van der Waals surface area contributed by atoms with Crippen LogP contribution in [0.5, 0.6) is 17.2 Å².